The van der Waals surface area contributed by atoms with E-state index in [0.29, 0.717) is 19.6 Å². The number of unbranched alkanes of at least 4 members (excludes halogenated alkanes) is 1. The zero-order valence-electron chi connectivity index (χ0n) is 20.3. The Bertz CT molecular complexity index is 1300. The van der Waals surface area contributed by atoms with Crippen LogP contribution in [0.1, 0.15) is 42.1 Å². The number of aryl methyl sites for hydroxylation is 3. The molecule has 0 saturated carbocycles. The summed E-state index contributed by atoms with van der Waals surface area (Å²) in [5, 5.41) is 0. The Kier molecular flexibility index (Phi) is 7.76. The molecule has 5 rings (SSSR count). The van der Waals surface area contributed by atoms with Crippen LogP contribution in [0.3, 0.4) is 0 Å². The normalized spacial score (nSPS) is 15.4. The molecule has 0 N–H and O–H groups in total. The summed E-state index contributed by atoms with van der Waals surface area (Å²) in [6.07, 6.45) is 2.44. The van der Waals surface area contributed by atoms with E-state index in [1.54, 1.807) is 0 Å². The quantitative estimate of drug-likeness (QED) is 0.358. The van der Waals surface area contributed by atoms with E-state index < -0.39 is 0 Å². The van der Waals surface area contributed by atoms with Crippen molar-refractivity contribution in [3.05, 3.63) is 89.7 Å². The van der Waals surface area contributed by atoms with Crippen LogP contribution in [-0.2, 0) is 11.3 Å². The van der Waals surface area contributed by atoms with Crippen LogP contribution in [0.25, 0.3) is 11.0 Å². The molecule has 1 aliphatic rings. The third-order valence-electron chi connectivity index (χ3n) is 6.61. The predicted octanol–water partition coefficient (Wildman–Crippen LogP) is 3.04. The highest BCUT2D eigenvalue weighted by Crippen LogP contribution is 2.34. The highest BCUT2D eigenvalue weighted by molar-refractivity contribution is 5.97. The molecule has 35 heavy (non-hydrogen) atoms. The molecule has 1 amide bonds. The molecule has 1 saturated heterocycles. The van der Waals surface area contributed by atoms with Crippen molar-refractivity contribution in [1.29, 1.82) is 0 Å². The van der Waals surface area contributed by atoms with Gasteiger partial charge in [-0.3, -0.25) is 4.79 Å². The van der Waals surface area contributed by atoms with Gasteiger partial charge in [0.2, 0.25) is 5.91 Å². The molecule has 1 fully saturated rings. The van der Waals surface area contributed by atoms with E-state index in [4.69, 9.17) is 9.72 Å². The second kappa shape index (κ2) is 11.0. The molecular formula is C29H31ClN3O2-. The summed E-state index contributed by atoms with van der Waals surface area (Å²) >= 11 is 0. The minimum atomic E-state index is 0. The van der Waals surface area contributed by atoms with E-state index in [0.717, 1.165) is 53.2 Å². The molecule has 1 unspecified atom stereocenters. The van der Waals surface area contributed by atoms with Crippen molar-refractivity contribution < 1.29 is 21.9 Å². The number of rotatable bonds is 8. The maximum Gasteiger partial charge on any atom is 0.227 e. The maximum atomic E-state index is 13.0. The van der Waals surface area contributed by atoms with E-state index >= 15 is 0 Å². The van der Waals surface area contributed by atoms with Gasteiger partial charge in [0.15, 0.2) is 0 Å². The second-order valence-electron chi connectivity index (χ2n) is 9.17. The van der Waals surface area contributed by atoms with E-state index in [2.05, 4.69) is 54.8 Å². The highest BCUT2D eigenvalue weighted by Gasteiger charge is 2.35. The van der Waals surface area contributed by atoms with Gasteiger partial charge < -0.3 is 26.6 Å². The van der Waals surface area contributed by atoms with E-state index in [1.807, 2.05) is 41.3 Å². The minimum absolute atomic E-state index is 0. The molecule has 0 radical (unpaired) electrons. The Labute approximate surface area is 213 Å². The van der Waals surface area contributed by atoms with Crippen molar-refractivity contribution in [3.63, 3.8) is 0 Å². The van der Waals surface area contributed by atoms with Gasteiger partial charge in [-0.2, -0.15) is 0 Å². The van der Waals surface area contributed by atoms with Gasteiger partial charge in [-0.1, -0.05) is 48.0 Å². The number of carbonyl (C=O) groups excluding carboxylic acids is 1. The molecule has 1 aliphatic heterocycles. The number of imidazole rings is 1. The minimum Gasteiger partial charge on any atom is -1.00 e. The molecule has 0 spiro atoms. The van der Waals surface area contributed by atoms with Crippen molar-refractivity contribution in [2.75, 3.05) is 18.1 Å². The lowest BCUT2D eigenvalue weighted by atomic mass is 10.1. The molecule has 5 nitrogen and oxygen atoms in total. The van der Waals surface area contributed by atoms with Gasteiger partial charge >= 0.3 is 0 Å². The topological polar surface area (TPSA) is 47.4 Å². The Morgan fingerprint density at radius 3 is 2.54 bits per heavy atom. The number of aromatic nitrogens is 2. The van der Waals surface area contributed by atoms with Crippen molar-refractivity contribution in [2.45, 2.75) is 45.6 Å². The molecular weight excluding hydrogens is 458 g/mol. The molecule has 3 aromatic carbocycles. The predicted molar refractivity (Wildman–Crippen MR) is 137 cm³/mol. The standard InChI is InChI=1S/C29H31N3O2.ClH/c1-21-14-15-26(22(2)18-21)32-20-23(19-28(32)33)29-30-25-12-6-7-13-27(25)31(29)16-8-9-17-34-24-10-4-3-5-11-24;/h3-7,10-15,18,23H,8-9,16-17,19-20H2,1-2H3;1H/p-1. The van der Waals surface area contributed by atoms with Gasteiger partial charge in [0.25, 0.3) is 0 Å². The lowest BCUT2D eigenvalue weighted by Crippen LogP contribution is -3.00. The molecule has 1 aromatic heterocycles. The summed E-state index contributed by atoms with van der Waals surface area (Å²) < 4.78 is 8.18. The number of carbonyl (C=O) groups is 1. The first-order chi connectivity index (χ1) is 16.6. The second-order valence-corrected chi connectivity index (χ2v) is 9.17. The Morgan fingerprint density at radius 2 is 1.74 bits per heavy atom. The van der Waals surface area contributed by atoms with Crippen molar-refractivity contribution in [3.8, 4) is 5.75 Å². The zero-order chi connectivity index (χ0) is 23.5. The number of hydrogen-bond donors (Lipinski definition) is 0. The van der Waals surface area contributed by atoms with Gasteiger partial charge in [-0.15, -0.1) is 0 Å². The fourth-order valence-electron chi connectivity index (χ4n) is 4.94. The highest BCUT2D eigenvalue weighted by atomic mass is 35.5. The number of ether oxygens (including phenoxy) is 1. The van der Waals surface area contributed by atoms with Gasteiger partial charge in [0.1, 0.15) is 11.6 Å². The summed E-state index contributed by atoms with van der Waals surface area (Å²) in [5.41, 5.74) is 5.50. The van der Waals surface area contributed by atoms with E-state index in [9.17, 15) is 4.79 Å². The smallest absolute Gasteiger partial charge is 0.227 e. The fraction of sp³-hybridized carbons (Fsp3) is 0.310. The molecule has 1 atom stereocenters. The summed E-state index contributed by atoms with van der Waals surface area (Å²) in [4.78, 5) is 20.0. The third kappa shape index (κ3) is 5.35. The molecule has 0 bridgehead atoms. The van der Waals surface area contributed by atoms with Crippen molar-refractivity contribution in [1.82, 2.24) is 9.55 Å². The van der Waals surface area contributed by atoms with Gasteiger partial charge in [0.05, 0.1) is 17.6 Å². The maximum absolute atomic E-state index is 13.0. The third-order valence-corrected chi connectivity index (χ3v) is 6.61. The average molecular weight is 489 g/mol. The molecule has 182 valence electrons. The number of benzene rings is 3. The monoisotopic (exact) mass is 488 g/mol. The Balaban J connectivity index is 0.00000289. The SMILES string of the molecule is Cc1ccc(N2CC(c3nc4ccccc4n3CCCCOc3ccccc3)CC2=O)c(C)c1.[Cl-]. The van der Waals surface area contributed by atoms with E-state index in [1.165, 1.54) is 5.56 Å². The van der Waals surface area contributed by atoms with E-state index in [-0.39, 0.29) is 24.2 Å². The average Bonchev–Trinajstić information content (AvgIpc) is 3.40. The van der Waals surface area contributed by atoms with Gasteiger partial charge in [0, 0.05) is 31.1 Å². The molecule has 2 heterocycles. The zero-order valence-corrected chi connectivity index (χ0v) is 21.0. The first-order valence-corrected chi connectivity index (χ1v) is 12.1. The summed E-state index contributed by atoms with van der Waals surface area (Å²) in [6, 6.07) is 24.5. The summed E-state index contributed by atoms with van der Waals surface area (Å²) in [5.74, 6) is 2.19. The number of halogens is 1. The molecule has 4 aromatic rings. The van der Waals surface area contributed by atoms with Crippen LogP contribution in [0.5, 0.6) is 5.75 Å². The van der Waals surface area contributed by atoms with Crippen LogP contribution >= 0.6 is 0 Å². The summed E-state index contributed by atoms with van der Waals surface area (Å²) in [6.45, 7) is 6.38. The number of para-hydroxylation sites is 3. The first kappa shape index (κ1) is 24.8. The summed E-state index contributed by atoms with van der Waals surface area (Å²) in [7, 11) is 0. The van der Waals surface area contributed by atoms with Crippen LogP contribution in [0.4, 0.5) is 5.69 Å². The van der Waals surface area contributed by atoms with Crippen LogP contribution in [-0.4, -0.2) is 28.6 Å². The fourth-order valence-corrected chi connectivity index (χ4v) is 4.94. The first-order valence-electron chi connectivity index (χ1n) is 12.1. The van der Waals surface area contributed by atoms with Gasteiger partial charge in [-0.05, 0) is 62.6 Å². The van der Waals surface area contributed by atoms with Crippen LogP contribution in [0.15, 0.2) is 72.8 Å². The molecule has 6 heteroatoms. The lowest BCUT2D eigenvalue weighted by molar-refractivity contribution is -0.117. The lowest BCUT2D eigenvalue weighted by Gasteiger charge is -2.20. The van der Waals surface area contributed by atoms with Crippen molar-refractivity contribution in [2.24, 2.45) is 0 Å². The van der Waals surface area contributed by atoms with Crippen LogP contribution in [0, 0.1) is 13.8 Å². The Hall–Kier alpha value is -3.31. The van der Waals surface area contributed by atoms with Crippen molar-refractivity contribution >= 4 is 22.6 Å². The largest absolute Gasteiger partial charge is 1.00 e. The Morgan fingerprint density at radius 1 is 0.971 bits per heavy atom. The van der Waals surface area contributed by atoms with Crippen LogP contribution < -0.4 is 22.0 Å². The molecule has 0 aliphatic carbocycles. The number of hydrogen-bond acceptors (Lipinski definition) is 3. The number of anilines is 1. The number of amides is 1. The van der Waals surface area contributed by atoms with Crippen LogP contribution in [0.2, 0.25) is 0 Å². The number of nitrogens with zero attached hydrogens (tertiary/aromatic N) is 3. The number of fused-ring (bicyclic) bond motifs is 1. The van der Waals surface area contributed by atoms with Gasteiger partial charge in [-0.25, -0.2) is 4.98 Å².